The Morgan fingerprint density at radius 2 is 1.89 bits per heavy atom. The predicted molar refractivity (Wildman–Crippen MR) is 131 cm³/mol. The summed E-state index contributed by atoms with van der Waals surface area (Å²) in [5, 5.41) is 3.96. The SMILES string of the molecule is O=C(NCc1cc2c(cc1OC(F)F)OCO2)N1CCCC2(CCN(Cc3ccc(Cl)c(Cl)c3)C2)C1. The molecule has 5 rings (SSSR count). The van der Waals surface area contributed by atoms with Crippen molar-refractivity contribution < 1.29 is 27.8 Å². The number of hydrogen-bond donors (Lipinski definition) is 1. The van der Waals surface area contributed by atoms with Crippen LogP contribution in [0.2, 0.25) is 10.0 Å². The predicted octanol–water partition coefficient (Wildman–Crippen LogP) is 5.52. The number of nitrogens with one attached hydrogen (secondary N) is 1. The molecule has 0 radical (unpaired) electrons. The Bertz CT molecular complexity index is 1140. The molecule has 1 unspecified atom stereocenters. The number of carbonyl (C=O) groups is 1. The highest BCUT2D eigenvalue weighted by Gasteiger charge is 2.42. The largest absolute Gasteiger partial charge is 0.454 e. The number of urea groups is 1. The number of fused-ring (bicyclic) bond motifs is 1. The smallest absolute Gasteiger partial charge is 0.387 e. The number of rotatable bonds is 6. The van der Waals surface area contributed by atoms with Gasteiger partial charge in [-0.3, -0.25) is 4.90 Å². The summed E-state index contributed by atoms with van der Waals surface area (Å²) >= 11 is 12.2. The van der Waals surface area contributed by atoms with E-state index in [9.17, 15) is 13.6 Å². The lowest BCUT2D eigenvalue weighted by Gasteiger charge is -2.40. The van der Waals surface area contributed by atoms with E-state index in [4.69, 9.17) is 32.7 Å². The molecule has 3 aliphatic heterocycles. The number of halogens is 4. The van der Waals surface area contributed by atoms with E-state index in [1.807, 2.05) is 23.1 Å². The zero-order valence-electron chi connectivity index (χ0n) is 19.6. The number of ether oxygens (including phenoxy) is 3. The lowest BCUT2D eigenvalue weighted by molar-refractivity contribution is -0.0505. The van der Waals surface area contributed by atoms with Crippen molar-refractivity contribution in [1.29, 1.82) is 0 Å². The molecule has 3 aliphatic rings. The summed E-state index contributed by atoms with van der Waals surface area (Å²) < 4.78 is 41.1. The molecule has 36 heavy (non-hydrogen) atoms. The molecular weight excluding hydrogens is 515 g/mol. The van der Waals surface area contributed by atoms with E-state index in [1.54, 1.807) is 6.07 Å². The lowest BCUT2D eigenvalue weighted by Crippen LogP contribution is -2.50. The minimum absolute atomic E-state index is 0.0111. The third-order valence-electron chi connectivity index (χ3n) is 7.06. The van der Waals surface area contributed by atoms with Crippen LogP contribution in [0, 0.1) is 5.41 Å². The average molecular weight is 542 g/mol. The van der Waals surface area contributed by atoms with Gasteiger partial charge in [0.05, 0.1) is 10.0 Å². The van der Waals surface area contributed by atoms with Crippen molar-refractivity contribution in [3.63, 3.8) is 0 Å². The molecule has 2 fully saturated rings. The highest BCUT2D eigenvalue weighted by Crippen LogP contribution is 2.41. The molecule has 0 bridgehead atoms. The van der Waals surface area contributed by atoms with Gasteiger partial charge < -0.3 is 24.4 Å². The lowest BCUT2D eigenvalue weighted by atomic mass is 9.79. The van der Waals surface area contributed by atoms with Gasteiger partial charge >= 0.3 is 12.6 Å². The molecule has 2 aromatic carbocycles. The zero-order chi connectivity index (χ0) is 25.3. The Hall–Kier alpha value is -2.49. The normalized spacial score (nSPS) is 21.4. The standard InChI is InChI=1S/C25H27Cl2F2N3O4/c26-18-3-2-16(8-19(18)27)12-31-7-5-25(13-31)4-1-6-32(14-25)24(33)30-11-17-9-21-22(35-15-34-21)10-20(17)36-23(28)29/h2-3,8-10,23H,1,4-7,11-15H2,(H,30,33). The Labute approximate surface area is 218 Å². The summed E-state index contributed by atoms with van der Waals surface area (Å²) in [6.07, 6.45) is 2.98. The number of piperidine rings is 1. The van der Waals surface area contributed by atoms with E-state index in [0.717, 1.165) is 44.5 Å². The summed E-state index contributed by atoms with van der Waals surface area (Å²) in [5.74, 6) is 0.731. The van der Waals surface area contributed by atoms with Crippen LogP contribution in [0.3, 0.4) is 0 Å². The Morgan fingerprint density at radius 1 is 1.08 bits per heavy atom. The molecule has 1 spiro atoms. The van der Waals surface area contributed by atoms with E-state index in [-0.39, 0.29) is 30.5 Å². The molecule has 2 saturated heterocycles. The van der Waals surface area contributed by atoms with Gasteiger partial charge in [-0.1, -0.05) is 29.3 Å². The summed E-state index contributed by atoms with van der Waals surface area (Å²) in [6, 6.07) is 8.41. The number of amides is 2. The average Bonchev–Trinajstić information content (AvgIpc) is 3.45. The summed E-state index contributed by atoms with van der Waals surface area (Å²) in [6.45, 7) is 0.979. The van der Waals surface area contributed by atoms with Crippen LogP contribution in [-0.4, -0.2) is 55.4 Å². The molecule has 11 heteroatoms. The number of nitrogens with zero attached hydrogens (tertiary/aromatic N) is 2. The molecule has 7 nitrogen and oxygen atoms in total. The number of hydrogen-bond acceptors (Lipinski definition) is 5. The molecule has 3 heterocycles. The van der Waals surface area contributed by atoms with Crippen molar-refractivity contribution in [2.75, 3.05) is 33.0 Å². The third-order valence-corrected chi connectivity index (χ3v) is 7.80. The van der Waals surface area contributed by atoms with Crippen molar-refractivity contribution in [3.05, 3.63) is 51.5 Å². The van der Waals surface area contributed by atoms with Gasteiger partial charge in [0.2, 0.25) is 6.79 Å². The first-order valence-corrected chi connectivity index (χ1v) is 12.6. The first-order chi connectivity index (χ1) is 17.3. The summed E-state index contributed by atoms with van der Waals surface area (Å²) in [4.78, 5) is 17.3. The van der Waals surface area contributed by atoms with Crippen molar-refractivity contribution in [1.82, 2.24) is 15.1 Å². The molecule has 1 atom stereocenters. The van der Waals surface area contributed by atoms with Crippen LogP contribution in [0.5, 0.6) is 17.2 Å². The fraction of sp³-hybridized carbons (Fsp3) is 0.480. The van der Waals surface area contributed by atoms with Gasteiger partial charge in [0.1, 0.15) is 5.75 Å². The van der Waals surface area contributed by atoms with Crippen molar-refractivity contribution in [3.8, 4) is 17.2 Å². The first kappa shape index (κ1) is 25.2. The van der Waals surface area contributed by atoms with Gasteiger partial charge in [0.25, 0.3) is 0 Å². The summed E-state index contributed by atoms with van der Waals surface area (Å²) in [7, 11) is 0. The van der Waals surface area contributed by atoms with Crippen LogP contribution in [-0.2, 0) is 13.1 Å². The van der Waals surface area contributed by atoms with Gasteiger partial charge in [0, 0.05) is 49.8 Å². The highest BCUT2D eigenvalue weighted by molar-refractivity contribution is 6.42. The fourth-order valence-electron chi connectivity index (χ4n) is 5.37. The Morgan fingerprint density at radius 3 is 2.67 bits per heavy atom. The van der Waals surface area contributed by atoms with Crippen LogP contribution in [0.25, 0.3) is 0 Å². The topological polar surface area (TPSA) is 63.3 Å². The molecule has 2 aromatic rings. The quantitative estimate of drug-likeness (QED) is 0.521. The molecular formula is C25H27Cl2F2N3O4. The van der Waals surface area contributed by atoms with E-state index < -0.39 is 6.61 Å². The first-order valence-electron chi connectivity index (χ1n) is 11.9. The van der Waals surface area contributed by atoms with E-state index >= 15 is 0 Å². The Kier molecular flexibility index (Phi) is 7.32. The number of alkyl halides is 2. The van der Waals surface area contributed by atoms with E-state index in [2.05, 4.69) is 15.0 Å². The highest BCUT2D eigenvalue weighted by atomic mass is 35.5. The van der Waals surface area contributed by atoms with Crippen molar-refractivity contribution >= 4 is 29.2 Å². The van der Waals surface area contributed by atoms with Gasteiger partial charge in [-0.25, -0.2) is 4.79 Å². The Balaban J connectivity index is 1.19. The van der Waals surface area contributed by atoms with Gasteiger partial charge in [-0.2, -0.15) is 8.78 Å². The maximum Gasteiger partial charge on any atom is 0.387 e. The second-order valence-corrected chi connectivity index (χ2v) is 10.4. The molecule has 0 aliphatic carbocycles. The maximum atomic E-state index is 13.0. The maximum absolute atomic E-state index is 13.0. The second kappa shape index (κ2) is 10.5. The molecule has 2 amide bonds. The van der Waals surface area contributed by atoms with Crippen LogP contribution in [0.15, 0.2) is 30.3 Å². The van der Waals surface area contributed by atoms with E-state index in [1.165, 1.54) is 6.07 Å². The fourth-order valence-corrected chi connectivity index (χ4v) is 5.69. The van der Waals surface area contributed by atoms with Gasteiger partial charge in [-0.15, -0.1) is 0 Å². The number of carbonyl (C=O) groups excluding carboxylic acids is 1. The summed E-state index contributed by atoms with van der Waals surface area (Å²) in [5.41, 5.74) is 1.54. The van der Waals surface area contributed by atoms with E-state index in [0.29, 0.717) is 40.2 Å². The molecule has 194 valence electrons. The number of benzene rings is 2. The minimum Gasteiger partial charge on any atom is -0.454 e. The van der Waals surface area contributed by atoms with Gasteiger partial charge in [0.15, 0.2) is 11.5 Å². The van der Waals surface area contributed by atoms with Gasteiger partial charge in [-0.05, 0) is 49.6 Å². The van der Waals surface area contributed by atoms with Crippen molar-refractivity contribution in [2.45, 2.75) is 39.0 Å². The van der Waals surface area contributed by atoms with Crippen LogP contribution in [0.1, 0.15) is 30.4 Å². The van der Waals surface area contributed by atoms with Crippen LogP contribution >= 0.6 is 23.2 Å². The third kappa shape index (κ3) is 5.58. The molecule has 0 saturated carbocycles. The second-order valence-electron chi connectivity index (χ2n) is 9.58. The monoisotopic (exact) mass is 541 g/mol. The zero-order valence-corrected chi connectivity index (χ0v) is 21.1. The minimum atomic E-state index is -2.99. The molecule has 0 aromatic heterocycles. The molecule has 1 N–H and O–H groups in total. The van der Waals surface area contributed by atoms with Crippen LogP contribution in [0.4, 0.5) is 13.6 Å². The van der Waals surface area contributed by atoms with Crippen LogP contribution < -0.4 is 19.5 Å². The number of likely N-dealkylation sites (tertiary alicyclic amines) is 2. The van der Waals surface area contributed by atoms with Crippen molar-refractivity contribution in [2.24, 2.45) is 5.41 Å².